The van der Waals surface area contributed by atoms with Crippen LogP contribution in [0.25, 0.3) is 5.57 Å². The zero-order valence-electron chi connectivity index (χ0n) is 15.6. The zero-order valence-corrected chi connectivity index (χ0v) is 16.4. The van der Waals surface area contributed by atoms with Gasteiger partial charge in [0.15, 0.2) is 0 Å². The molecule has 0 atom stereocenters. The van der Waals surface area contributed by atoms with Crippen molar-refractivity contribution in [2.45, 2.75) is 13.8 Å². The highest BCUT2D eigenvalue weighted by atomic mass is 32.2. The van der Waals surface area contributed by atoms with Crippen molar-refractivity contribution in [2.75, 3.05) is 22.6 Å². The van der Waals surface area contributed by atoms with Crippen LogP contribution < -0.4 is 10.2 Å². The van der Waals surface area contributed by atoms with Gasteiger partial charge < -0.3 is 10.4 Å². The summed E-state index contributed by atoms with van der Waals surface area (Å²) in [5.41, 5.74) is 2.86. The van der Waals surface area contributed by atoms with E-state index in [1.165, 1.54) is 23.6 Å². The third-order valence-corrected chi connectivity index (χ3v) is 5.28. The molecule has 0 spiro atoms. The highest BCUT2D eigenvalue weighted by Gasteiger charge is 2.40. The number of aliphatic hydroxyl groups excluding tert-OH is 1. The Kier molecular flexibility index (Phi) is 5.96. The van der Waals surface area contributed by atoms with Gasteiger partial charge in [-0.05, 0) is 36.2 Å². The first-order chi connectivity index (χ1) is 13.4. The standard InChI is InChI=1S/C21H20N2O4S/c1-13-5-3-4-6-17(13)23-20(26)18(19(21(23)27)28-12-11-24)15-7-9-16(10-8-15)22-14(2)25/h3-10,24H,11-12H2,1-2H3,(H,22,25). The number of amides is 3. The molecule has 0 radical (unpaired) electrons. The molecule has 0 unspecified atom stereocenters. The molecule has 1 aliphatic heterocycles. The van der Waals surface area contributed by atoms with E-state index in [4.69, 9.17) is 0 Å². The molecule has 1 heterocycles. The second kappa shape index (κ2) is 8.41. The summed E-state index contributed by atoms with van der Waals surface area (Å²) in [5.74, 6) is -0.668. The number of imide groups is 1. The number of nitrogens with zero attached hydrogens (tertiary/aromatic N) is 1. The third kappa shape index (κ3) is 3.85. The molecule has 1 aliphatic rings. The second-order valence-corrected chi connectivity index (χ2v) is 7.37. The quantitative estimate of drug-likeness (QED) is 0.733. The summed E-state index contributed by atoms with van der Waals surface area (Å²) in [6.07, 6.45) is 0. The van der Waals surface area contributed by atoms with Crippen molar-refractivity contribution in [1.29, 1.82) is 0 Å². The minimum Gasteiger partial charge on any atom is -0.396 e. The lowest BCUT2D eigenvalue weighted by atomic mass is 10.1. The molecule has 144 valence electrons. The van der Waals surface area contributed by atoms with E-state index in [2.05, 4.69) is 5.32 Å². The Morgan fingerprint density at radius 3 is 2.36 bits per heavy atom. The number of hydrogen-bond donors (Lipinski definition) is 2. The van der Waals surface area contributed by atoms with E-state index >= 15 is 0 Å². The van der Waals surface area contributed by atoms with Crippen LogP contribution in [0.15, 0.2) is 53.4 Å². The zero-order chi connectivity index (χ0) is 20.3. The average molecular weight is 396 g/mol. The Morgan fingerprint density at radius 2 is 1.75 bits per heavy atom. The summed E-state index contributed by atoms with van der Waals surface area (Å²) in [4.78, 5) is 39.0. The molecule has 0 saturated carbocycles. The van der Waals surface area contributed by atoms with Crippen LogP contribution in [0.2, 0.25) is 0 Å². The van der Waals surface area contributed by atoms with Crippen molar-refractivity contribution < 1.29 is 19.5 Å². The van der Waals surface area contributed by atoms with Crippen LogP contribution >= 0.6 is 11.8 Å². The Balaban J connectivity index is 2.03. The van der Waals surface area contributed by atoms with Crippen molar-refractivity contribution >= 4 is 46.4 Å². The van der Waals surface area contributed by atoms with E-state index in [0.29, 0.717) is 33.2 Å². The van der Waals surface area contributed by atoms with Gasteiger partial charge in [-0.1, -0.05) is 30.3 Å². The fourth-order valence-electron chi connectivity index (χ4n) is 3.00. The normalized spacial score (nSPS) is 14.0. The molecule has 28 heavy (non-hydrogen) atoms. The van der Waals surface area contributed by atoms with Crippen molar-refractivity contribution in [3.05, 3.63) is 64.6 Å². The van der Waals surface area contributed by atoms with E-state index in [-0.39, 0.29) is 12.5 Å². The Morgan fingerprint density at radius 1 is 1.07 bits per heavy atom. The van der Waals surface area contributed by atoms with Crippen LogP contribution in [-0.2, 0) is 14.4 Å². The van der Waals surface area contributed by atoms with Crippen LogP contribution in [0.1, 0.15) is 18.1 Å². The minimum atomic E-state index is -0.396. The highest BCUT2D eigenvalue weighted by molar-refractivity contribution is 8.04. The Hall–Kier alpha value is -2.90. The fraction of sp³-hybridized carbons (Fsp3) is 0.190. The Labute approximate surface area is 167 Å². The van der Waals surface area contributed by atoms with Crippen molar-refractivity contribution in [3.63, 3.8) is 0 Å². The number of carbonyl (C=O) groups is 3. The summed E-state index contributed by atoms with van der Waals surface area (Å²) in [5, 5.41) is 11.9. The molecule has 0 bridgehead atoms. The number of nitrogens with one attached hydrogen (secondary N) is 1. The molecule has 0 aliphatic carbocycles. The molecule has 7 heteroatoms. The van der Waals surface area contributed by atoms with Gasteiger partial charge in [0, 0.05) is 18.4 Å². The number of carbonyl (C=O) groups excluding carboxylic acids is 3. The minimum absolute atomic E-state index is 0.102. The predicted molar refractivity (Wildman–Crippen MR) is 111 cm³/mol. The Bertz CT molecular complexity index is 967. The monoisotopic (exact) mass is 396 g/mol. The molecule has 6 nitrogen and oxygen atoms in total. The summed E-state index contributed by atoms with van der Waals surface area (Å²) < 4.78 is 0. The molecule has 2 aromatic carbocycles. The number of benzene rings is 2. The molecular weight excluding hydrogens is 376 g/mol. The van der Waals surface area contributed by atoms with Gasteiger partial charge in [-0.3, -0.25) is 14.4 Å². The average Bonchev–Trinajstić information content (AvgIpc) is 2.91. The van der Waals surface area contributed by atoms with Gasteiger partial charge >= 0.3 is 0 Å². The van der Waals surface area contributed by atoms with Crippen LogP contribution in [-0.4, -0.2) is 35.2 Å². The van der Waals surface area contributed by atoms with E-state index in [0.717, 1.165) is 5.56 Å². The summed E-state index contributed by atoms with van der Waals surface area (Å²) >= 11 is 1.17. The molecular formula is C21H20N2O4S. The number of aryl methyl sites for hydroxylation is 1. The van der Waals surface area contributed by atoms with E-state index in [9.17, 15) is 19.5 Å². The van der Waals surface area contributed by atoms with Crippen LogP contribution in [0.5, 0.6) is 0 Å². The van der Waals surface area contributed by atoms with Gasteiger partial charge in [0.25, 0.3) is 11.8 Å². The first-order valence-corrected chi connectivity index (χ1v) is 9.73. The number of anilines is 2. The molecule has 2 aromatic rings. The third-order valence-electron chi connectivity index (χ3n) is 4.23. The van der Waals surface area contributed by atoms with Crippen LogP contribution in [0, 0.1) is 6.92 Å². The van der Waals surface area contributed by atoms with Gasteiger partial charge in [-0.25, -0.2) is 4.90 Å². The van der Waals surface area contributed by atoms with E-state index in [1.54, 1.807) is 36.4 Å². The van der Waals surface area contributed by atoms with Gasteiger partial charge in [0.2, 0.25) is 5.91 Å². The molecule has 3 amide bonds. The van der Waals surface area contributed by atoms with Crippen LogP contribution in [0.3, 0.4) is 0 Å². The lowest BCUT2D eigenvalue weighted by molar-refractivity contribution is -0.120. The maximum absolute atomic E-state index is 13.2. The lowest BCUT2D eigenvalue weighted by Crippen LogP contribution is -2.31. The maximum Gasteiger partial charge on any atom is 0.272 e. The molecule has 0 aromatic heterocycles. The molecule has 0 fully saturated rings. The first kappa shape index (κ1) is 19.9. The van der Waals surface area contributed by atoms with E-state index in [1.807, 2.05) is 19.1 Å². The first-order valence-electron chi connectivity index (χ1n) is 8.74. The van der Waals surface area contributed by atoms with Gasteiger partial charge in [0.05, 0.1) is 22.8 Å². The lowest BCUT2D eigenvalue weighted by Gasteiger charge is -2.17. The van der Waals surface area contributed by atoms with Crippen molar-refractivity contribution in [3.8, 4) is 0 Å². The number of para-hydroxylation sites is 1. The summed E-state index contributed by atoms with van der Waals surface area (Å²) in [7, 11) is 0. The fourth-order valence-corrected chi connectivity index (χ4v) is 3.86. The smallest absolute Gasteiger partial charge is 0.272 e. The SMILES string of the molecule is CC(=O)Nc1ccc(C2=C(SCCO)C(=O)N(c3ccccc3C)C2=O)cc1. The van der Waals surface area contributed by atoms with Gasteiger partial charge in [0.1, 0.15) is 0 Å². The van der Waals surface area contributed by atoms with Gasteiger partial charge in [-0.15, -0.1) is 11.8 Å². The van der Waals surface area contributed by atoms with Gasteiger partial charge in [-0.2, -0.15) is 0 Å². The number of rotatable bonds is 6. The summed E-state index contributed by atoms with van der Waals surface area (Å²) in [6.45, 7) is 3.16. The molecule has 3 rings (SSSR count). The van der Waals surface area contributed by atoms with Crippen molar-refractivity contribution in [2.24, 2.45) is 0 Å². The molecule has 2 N–H and O–H groups in total. The maximum atomic E-state index is 13.2. The highest BCUT2D eigenvalue weighted by Crippen LogP contribution is 2.39. The van der Waals surface area contributed by atoms with E-state index < -0.39 is 11.8 Å². The number of hydrogen-bond acceptors (Lipinski definition) is 5. The number of aliphatic hydroxyl groups is 1. The second-order valence-electron chi connectivity index (χ2n) is 6.27. The topological polar surface area (TPSA) is 86.7 Å². The van der Waals surface area contributed by atoms with Crippen LogP contribution in [0.4, 0.5) is 11.4 Å². The number of thioether (sulfide) groups is 1. The summed E-state index contributed by atoms with van der Waals surface area (Å²) in [6, 6.07) is 14.0. The largest absolute Gasteiger partial charge is 0.396 e. The predicted octanol–water partition coefficient (Wildman–Crippen LogP) is 2.96. The molecule has 0 saturated heterocycles. The van der Waals surface area contributed by atoms with Crippen molar-refractivity contribution in [1.82, 2.24) is 0 Å².